The Kier molecular flexibility index (Phi) is 6.85. The molecule has 3 N–H and O–H groups in total. The minimum atomic E-state index is -0.276. The van der Waals surface area contributed by atoms with E-state index in [-0.39, 0.29) is 17.4 Å². The van der Waals surface area contributed by atoms with Crippen LogP contribution in [0.25, 0.3) is 17.1 Å². The number of aromatic hydroxyl groups is 1. The van der Waals surface area contributed by atoms with Gasteiger partial charge in [-0.05, 0) is 62.0 Å². The highest BCUT2D eigenvalue weighted by molar-refractivity contribution is 7.99. The lowest BCUT2D eigenvalue weighted by Gasteiger charge is -2.05. The Hall–Kier alpha value is -3.91. The van der Waals surface area contributed by atoms with E-state index in [2.05, 4.69) is 32.9 Å². The Balaban J connectivity index is 1.52. The maximum absolute atomic E-state index is 12.3. The van der Waals surface area contributed by atoms with Crippen molar-refractivity contribution in [2.45, 2.75) is 19.0 Å². The Morgan fingerprint density at radius 3 is 2.42 bits per heavy atom. The van der Waals surface area contributed by atoms with Crippen LogP contribution in [-0.4, -0.2) is 33.2 Å². The van der Waals surface area contributed by atoms with Gasteiger partial charge in [-0.2, -0.15) is 9.67 Å². The second kappa shape index (κ2) is 10.1. The van der Waals surface area contributed by atoms with E-state index in [1.54, 1.807) is 24.3 Å². The molecule has 0 unspecified atom stereocenters. The van der Waals surface area contributed by atoms with Gasteiger partial charge in [0, 0.05) is 5.56 Å². The number of amides is 1. The van der Waals surface area contributed by atoms with E-state index in [1.165, 1.54) is 23.5 Å². The van der Waals surface area contributed by atoms with Gasteiger partial charge in [0.2, 0.25) is 0 Å². The van der Waals surface area contributed by atoms with Crippen molar-refractivity contribution in [2.75, 3.05) is 5.75 Å². The monoisotopic (exact) mass is 458 g/mol. The van der Waals surface area contributed by atoms with Gasteiger partial charge >= 0.3 is 5.16 Å². The number of aromatic amines is 1. The van der Waals surface area contributed by atoms with Crippen LogP contribution in [0.5, 0.6) is 5.75 Å². The predicted molar refractivity (Wildman–Crippen MR) is 130 cm³/mol. The maximum Gasteiger partial charge on any atom is 0.342 e. The Labute approximate surface area is 196 Å². The third-order valence-corrected chi connectivity index (χ3v) is 5.89. The van der Waals surface area contributed by atoms with E-state index in [9.17, 15) is 9.90 Å². The molecule has 0 aliphatic heterocycles. The Morgan fingerprint density at radius 2 is 1.73 bits per heavy atom. The van der Waals surface area contributed by atoms with Gasteiger partial charge in [0.05, 0.1) is 22.6 Å². The van der Waals surface area contributed by atoms with E-state index in [1.807, 2.05) is 54.8 Å². The van der Waals surface area contributed by atoms with Crippen LogP contribution in [0.4, 0.5) is 0 Å². The number of rotatable bonds is 7. The number of benzene rings is 3. The highest BCUT2D eigenvalue weighted by atomic mass is 32.2. The molecule has 7 nitrogen and oxygen atoms in total. The standard InChI is InChI=1S/C25H23N5O2S/c1-17-7-11-19(12-8-17)24-28-29-25(30(24)21-13-9-18(2)10-14-21)33-16-23(32)27-26-15-20-5-3-4-6-22(20)31/h3-15H,16H2,1-2H3,(H2,26,27,31,32)/p+1. The summed E-state index contributed by atoms with van der Waals surface area (Å²) in [5, 5.41) is 22.0. The number of H-pyrrole nitrogens is 1. The molecule has 0 radical (unpaired) electrons. The lowest BCUT2D eigenvalue weighted by atomic mass is 10.1. The first-order chi connectivity index (χ1) is 16.0. The average molecular weight is 459 g/mol. The molecule has 1 amide bonds. The van der Waals surface area contributed by atoms with Crippen molar-refractivity contribution in [1.82, 2.24) is 15.6 Å². The van der Waals surface area contributed by atoms with E-state index >= 15 is 0 Å². The third kappa shape index (κ3) is 5.48. The largest absolute Gasteiger partial charge is 0.507 e. The van der Waals surface area contributed by atoms with Gasteiger partial charge in [0.1, 0.15) is 11.4 Å². The minimum Gasteiger partial charge on any atom is -0.507 e. The highest BCUT2D eigenvalue weighted by Crippen LogP contribution is 2.21. The number of aromatic nitrogens is 3. The second-order valence-corrected chi connectivity index (χ2v) is 8.47. The summed E-state index contributed by atoms with van der Waals surface area (Å²) in [6.45, 7) is 4.09. The van der Waals surface area contributed by atoms with Crippen molar-refractivity contribution in [3.8, 4) is 22.8 Å². The number of nitrogens with one attached hydrogen (secondary N) is 2. The van der Waals surface area contributed by atoms with Crippen molar-refractivity contribution in [3.05, 3.63) is 89.5 Å². The van der Waals surface area contributed by atoms with Gasteiger partial charge in [-0.1, -0.05) is 47.5 Å². The molecule has 1 aromatic heterocycles. The number of nitrogens with zero attached hydrogens (tertiary/aromatic N) is 3. The van der Waals surface area contributed by atoms with E-state index in [0.717, 1.165) is 22.6 Å². The van der Waals surface area contributed by atoms with Gasteiger partial charge in [0.25, 0.3) is 11.7 Å². The van der Waals surface area contributed by atoms with Gasteiger partial charge in [-0.3, -0.25) is 4.79 Å². The fourth-order valence-corrected chi connectivity index (χ4v) is 3.93. The van der Waals surface area contributed by atoms with Crippen LogP contribution < -0.4 is 9.99 Å². The molecule has 0 saturated heterocycles. The molecule has 0 aliphatic carbocycles. The second-order valence-electron chi connectivity index (χ2n) is 7.53. The summed E-state index contributed by atoms with van der Waals surface area (Å²) >= 11 is 1.31. The number of phenols is 1. The summed E-state index contributed by atoms with van der Waals surface area (Å²) in [6, 6.07) is 23.1. The van der Waals surface area contributed by atoms with Crippen molar-refractivity contribution in [2.24, 2.45) is 5.10 Å². The Bertz CT molecular complexity index is 1280. The number of hydrogen-bond acceptors (Lipinski definition) is 5. The number of carbonyl (C=O) groups excluding carboxylic acids is 1. The molecule has 4 aromatic rings. The number of carbonyl (C=O) groups is 1. The summed E-state index contributed by atoms with van der Waals surface area (Å²) in [7, 11) is 0. The maximum atomic E-state index is 12.3. The van der Waals surface area contributed by atoms with Gasteiger partial charge < -0.3 is 5.11 Å². The zero-order valence-corrected chi connectivity index (χ0v) is 19.1. The fourth-order valence-electron chi connectivity index (χ4n) is 3.16. The van der Waals surface area contributed by atoms with Crippen LogP contribution in [0.15, 0.2) is 83.1 Å². The molecule has 0 bridgehead atoms. The molecule has 0 saturated carbocycles. The van der Waals surface area contributed by atoms with Crippen molar-refractivity contribution >= 4 is 23.9 Å². The molecule has 4 rings (SSSR count). The van der Waals surface area contributed by atoms with E-state index in [0.29, 0.717) is 10.7 Å². The molecule has 0 fully saturated rings. The molecule has 0 aliphatic rings. The van der Waals surface area contributed by atoms with Crippen molar-refractivity contribution in [1.29, 1.82) is 0 Å². The average Bonchev–Trinajstić information content (AvgIpc) is 3.24. The number of para-hydroxylation sites is 1. The van der Waals surface area contributed by atoms with Crippen LogP contribution in [0.1, 0.15) is 16.7 Å². The number of hydrogen-bond donors (Lipinski definition) is 3. The van der Waals surface area contributed by atoms with Crippen LogP contribution in [0.3, 0.4) is 0 Å². The molecule has 33 heavy (non-hydrogen) atoms. The smallest absolute Gasteiger partial charge is 0.342 e. The van der Waals surface area contributed by atoms with E-state index < -0.39 is 0 Å². The number of aryl methyl sites for hydroxylation is 2. The molecular weight excluding hydrogens is 434 g/mol. The lowest BCUT2D eigenvalue weighted by molar-refractivity contribution is -0.625. The Morgan fingerprint density at radius 1 is 1.06 bits per heavy atom. The minimum absolute atomic E-state index is 0.101. The van der Waals surface area contributed by atoms with Crippen LogP contribution in [0.2, 0.25) is 0 Å². The normalized spacial score (nSPS) is 11.1. The first kappa shape index (κ1) is 22.3. The van der Waals surface area contributed by atoms with Crippen LogP contribution >= 0.6 is 11.8 Å². The zero-order chi connectivity index (χ0) is 23.2. The summed E-state index contributed by atoms with van der Waals surface area (Å²) in [4.78, 5) is 12.3. The SMILES string of the molecule is Cc1ccc(-c2[nH]nc(SCC(=O)N/N=C/c3ccccc3O)[n+]2-c2ccc(C)cc2)cc1. The quantitative estimate of drug-likeness (QED) is 0.169. The highest BCUT2D eigenvalue weighted by Gasteiger charge is 2.24. The summed E-state index contributed by atoms with van der Waals surface area (Å²) < 4.78 is 2.01. The molecule has 1 heterocycles. The van der Waals surface area contributed by atoms with Gasteiger partial charge in [-0.15, -0.1) is 5.10 Å². The number of phenolic OH excluding ortho intramolecular Hbond substituents is 1. The van der Waals surface area contributed by atoms with Crippen molar-refractivity contribution in [3.63, 3.8) is 0 Å². The van der Waals surface area contributed by atoms with Crippen LogP contribution in [0, 0.1) is 13.8 Å². The van der Waals surface area contributed by atoms with E-state index in [4.69, 9.17) is 0 Å². The third-order valence-electron chi connectivity index (χ3n) is 4.95. The predicted octanol–water partition coefficient (Wildman–Crippen LogP) is 3.92. The van der Waals surface area contributed by atoms with Gasteiger partial charge in [0.15, 0.2) is 0 Å². The first-order valence-corrected chi connectivity index (χ1v) is 11.4. The zero-order valence-electron chi connectivity index (χ0n) is 18.3. The molecule has 0 spiro atoms. The molecule has 8 heteroatoms. The summed E-state index contributed by atoms with van der Waals surface area (Å²) in [5.41, 5.74) is 7.30. The number of hydrazone groups is 1. The number of thioether (sulfide) groups is 1. The molecule has 0 atom stereocenters. The topological polar surface area (TPSA) is 94.2 Å². The van der Waals surface area contributed by atoms with Crippen LogP contribution in [-0.2, 0) is 4.79 Å². The summed E-state index contributed by atoms with van der Waals surface area (Å²) in [5.74, 6) is 0.785. The molecule has 3 aromatic carbocycles. The lowest BCUT2D eigenvalue weighted by Crippen LogP contribution is -2.34. The van der Waals surface area contributed by atoms with Crippen molar-refractivity contribution < 1.29 is 14.5 Å². The summed E-state index contributed by atoms with van der Waals surface area (Å²) in [6.07, 6.45) is 1.41. The molecule has 166 valence electrons. The van der Waals surface area contributed by atoms with Gasteiger partial charge in [-0.25, -0.2) is 5.43 Å². The fraction of sp³-hybridized carbons (Fsp3) is 0.120. The molecular formula is C25H24N5O2S+. The first-order valence-electron chi connectivity index (χ1n) is 10.4.